The van der Waals surface area contributed by atoms with E-state index in [1.807, 2.05) is 0 Å². The predicted molar refractivity (Wildman–Crippen MR) is 83.7 cm³/mol. The van der Waals surface area contributed by atoms with Crippen molar-refractivity contribution in [3.63, 3.8) is 0 Å². The summed E-state index contributed by atoms with van der Waals surface area (Å²) in [5.41, 5.74) is 0. The van der Waals surface area contributed by atoms with Crippen molar-refractivity contribution in [1.29, 1.82) is 0 Å². The molecular formula is C13H16Cl2N2O4S. The number of carbonyl (C=O) groups excluding carboxylic acids is 1. The van der Waals surface area contributed by atoms with E-state index in [2.05, 4.69) is 0 Å². The summed E-state index contributed by atoms with van der Waals surface area (Å²) in [6, 6.07) is 4.56. The maximum atomic E-state index is 12.7. The van der Waals surface area contributed by atoms with Crippen LogP contribution in [0.1, 0.15) is 0 Å². The minimum absolute atomic E-state index is 0.0108. The third kappa shape index (κ3) is 3.55. The molecule has 1 amide bonds. The molecule has 0 saturated carbocycles. The SMILES string of the molecule is COCC(=O)N1CCN(S(=O)(=O)c2c(Cl)cccc2Cl)CC1. The van der Waals surface area contributed by atoms with E-state index in [1.54, 1.807) is 11.0 Å². The average molecular weight is 367 g/mol. The number of benzene rings is 1. The molecule has 0 unspecified atom stereocenters. The van der Waals surface area contributed by atoms with Gasteiger partial charge < -0.3 is 9.64 Å². The first kappa shape index (κ1) is 17.5. The van der Waals surface area contributed by atoms with Crippen molar-refractivity contribution in [3.8, 4) is 0 Å². The maximum Gasteiger partial charge on any atom is 0.248 e. The number of carbonyl (C=O) groups is 1. The molecule has 6 nitrogen and oxygen atoms in total. The lowest BCUT2D eigenvalue weighted by atomic mass is 10.3. The maximum absolute atomic E-state index is 12.7. The van der Waals surface area contributed by atoms with E-state index in [0.717, 1.165) is 0 Å². The molecule has 22 heavy (non-hydrogen) atoms. The second-order valence-corrected chi connectivity index (χ2v) is 7.46. The lowest BCUT2D eigenvalue weighted by Gasteiger charge is -2.34. The van der Waals surface area contributed by atoms with Crippen LogP contribution in [0, 0.1) is 0 Å². The van der Waals surface area contributed by atoms with E-state index in [0.29, 0.717) is 13.1 Å². The fourth-order valence-corrected chi connectivity index (χ4v) is 4.76. The minimum atomic E-state index is -3.78. The molecule has 1 fully saturated rings. The van der Waals surface area contributed by atoms with Gasteiger partial charge in [0.1, 0.15) is 11.5 Å². The zero-order chi connectivity index (χ0) is 16.3. The van der Waals surface area contributed by atoms with Crippen LogP contribution < -0.4 is 0 Å². The smallest absolute Gasteiger partial charge is 0.248 e. The first-order valence-corrected chi connectivity index (χ1v) is 8.78. The number of rotatable bonds is 4. The predicted octanol–water partition coefficient (Wildman–Crippen LogP) is 1.47. The van der Waals surface area contributed by atoms with Gasteiger partial charge in [-0.15, -0.1) is 0 Å². The van der Waals surface area contributed by atoms with Gasteiger partial charge in [-0.2, -0.15) is 4.31 Å². The van der Waals surface area contributed by atoms with Gasteiger partial charge >= 0.3 is 0 Å². The molecule has 1 aliphatic rings. The quantitative estimate of drug-likeness (QED) is 0.809. The van der Waals surface area contributed by atoms with Crippen LogP contribution in [-0.2, 0) is 19.6 Å². The van der Waals surface area contributed by atoms with Crippen LogP contribution in [0.25, 0.3) is 0 Å². The molecule has 0 radical (unpaired) electrons. The molecule has 1 aromatic carbocycles. The van der Waals surface area contributed by atoms with Crippen molar-refractivity contribution in [1.82, 2.24) is 9.21 Å². The Morgan fingerprint density at radius 1 is 1.18 bits per heavy atom. The van der Waals surface area contributed by atoms with Crippen LogP contribution in [0.4, 0.5) is 0 Å². The van der Waals surface area contributed by atoms with Gasteiger partial charge in [0.2, 0.25) is 15.9 Å². The number of halogens is 2. The monoisotopic (exact) mass is 366 g/mol. The third-order valence-electron chi connectivity index (χ3n) is 3.38. The molecule has 0 bridgehead atoms. The molecule has 122 valence electrons. The zero-order valence-electron chi connectivity index (χ0n) is 12.0. The Labute approximate surface area is 139 Å². The molecule has 0 atom stereocenters. The topological polar surface area (TPSA) is 66.9 Å². The molecular weight excluding hydrogens is 351 g/mol. The lowest BCUT2D eigenvalue weighted by Crippen LogP contribution is -2.51. The normalized spacial score (nSPS) is 16.8. The Balaban J connectivity index is 2.15. The second-order valence-electron chi connectivity index (χ2n) is 4.77. The highest BCUT2D eigenvalue weighted by Gasteiger charge is 2.32. The molecule has 0 spiro atoms. The number of methoxy groups -OCH3 is 1. The highest BCUT2D eigenvalue weighted by molar-refractivity contribution is 7.89. The van der Waals surface area contributed by atoms with Crippen LogP contribution in [0.2, 0.25) is 10.0 Å². The van der Waals surface area contributed by atoms with Crippen molar-refractivity contribution in [2.45, 2.75) is 4.90 Å². The summed E-state index contributed by atoms with van der Waals surface area (Å²) in [7, 11) is -2.34. The van der Waals surface area contributed by atoms with Gasteiger partial charge in [-0.05, 0) is 12.1 Å². The number of hydrogen-bond acceptors (Lipinski definition) is 4. The summed E-state index contributed by atoms with van der Waals surface area (Å²) >= 11 is 12.0. The molecule has 0 aliphatic carbocycles. The number of amides is 1. The summed E-state index contributed by atoms with van der Waals surface area (Å²) in [4.78, 5) is 13.2. The van der Waals surface area contributed by atoms with Gasteiger partial charge in [0.05, 0.1) is 10.0 Å². The van der Waals surface area contributed by atoms with Crippen molar-refractivity contribution >= 4 is 39.1 Å². The first-order valence-electron chi connectivity index (χ1n) is 6.59. The first-order chi connectivity index (χ1) is 10.4. The van der Waals surface area contributed by atoms with Gasteiger partial charge in [0.15, 0.2) is 0 Å². The fraction of sp³-hybridized carbons (Fsp3) is 0.462. The number of nitrogens with zero attached hydrogens (tertiary/aromatic N) is 2. The number of hydrogen-bond donors (Lipinski definition) is 0. The standard InChI is InChI=1S/C13H16Cl2N2O4S/c1-21-9-12(18)16-5-7-17(8-6-16)22(19,20)13-10(14)3-2-4-11(13)15/h2-4H,5-9H2,1H3. The van der Waals surface area contributed by atoms with E-state index >= 15 is 0 Å². The summed E-state index contributed by atoms with van der Waals surface area (Å²) in [5.74, 6) is -0.157. The Morgan fingerprint density at radius 3 is 2.23 bits per heavy atom. The van der Waals surface area contributed by atoms with Gasteiger partial charge in [-0.25, -0.2) is 8.42 Å². The Kier molecular flexibility index (Phi) is 5.68. The third-order valence-corrected chi connectivity index (χ3v) is 6.23. The van der Waals surface area contributed by atoms with E-state index in [1.165, 1.54) is 23.5 Å². The largest absolute Gasteiger partial charge is 0.375 e. The number of sulfonamides is 1. The van der Waals surface area contributed by atoms with Crippen molar-refractivity contribution in [3.05, 3.63) is 28.2 Å². The molecule has 1 aliphatic heterocycles. The summed E-state index contributed by atoms with van der Waals surface area (Å²) in [6.07, 6.45) is 0. The van der Waals surface area contributed by atoms with Crippen LogP contribution in [0.5, 0.6) is 0 Å². The van der Waals surface area contributed by atoms with Gasteiger partial charge in [-0.3, -0.25) is 4.79 Å². The Bertz CT molecular complexity index is 638. The summed E-state index contributed by atoms with van der Waals surface area (Å²) in [5, 5.41) is 0.177. The van der Waals surface area contributed by atoms with Crippen LogP contribution in [0.3, 0.4) is 0 Å². The minimum Gasteiger partial charge on any atom is -0.375 e. The van der Waals surface area contributed by atoms with E-state index in [-0.39, 0.29) is 40.5 Å². The average Bonchev–Trinajstić information content (AvgIpc) is 2.47. The van der Waals surface area contributed by atoms with Crippen molar-refractivity contribution < 1.29 is 17.9 Å². The molecule has 2 rings (SSSR count). The van der Waals surface area contributed by atoms with E-state index in [9.17, 15) is 13.2 Å². The van der Waals surface area contributed by atoms with Crippen molar-refractivity contribution in [2.24, 2.45) is 0 Å². The Hall–Kier alpha value is -0.860. The summed E-state index contributed by atoms with van der Waals surface area (Å²) < 4.78 is 31.4. The van der Waals surface area contributed by atoms with Crippen LogP contribution >= 0.6 is 23.2 Å². The molecule has 1 aromatic rings. The van der Waals surface area contributed by atoms with Crippen LogP contribution in [-0.4, -0.2) is 63.4 Å². The van der Waals surface area contributed by atoms with E-state index in [4.69, 9.17) is 27.9 Å². The van der Waals surface area contributed by atoms with Crippen LogP contribution in [0.15, 0.2) is 23.1 Å². The summed E-state index contributed by atoms with van der Waals surface area (Å²) in [6.45, 7) is 0.995. The number of ether oxygens (including phenoxy) is 1. The molecule has 9 heteroatoms. The fourth-order valence-electron chi connectivity index (χ4n) is 2.25. The van der Waals surface area contributed by atoms with Gasteiger partial charge in [0.25, 0.3) is 0 Å². The van der Waals surface area contributed by atoms with Gasteiger partial charge in [0, 0.05) is 33.3 Å². The molecule has 1 heterocycles. The van der Waals surface area contributed by atoms with E-state index < -0.39 is 10.0 Å². The lowest BCUT2D eigenvalue weighted by molar-refractivity contribution is -0.136. The molecule has 1 saturated heterocycles. The van der Waals surface area contributed by atoms with Gasteiger partial charge in [-0.1, -0.05) is 29.3 Å². The number of piperazine rings is 1. The highest BCUT2D eigenvalue weighted by atomic mass is 35.5. The highest BCUT2D eigenvalue weighted by Crippen LogP contribution is 2.31. The molecule has 0 aromatic heterocycles. The Morgan fingerprint density at radius 2 is 1.73 bits per heavy atom. The molecule has 0 N–H and O–H groups in total. The second kappa shape index (κ2) is 7.14. The van der Waals surface area contributed by atoms with Crippen molar-refractivity contribution in [2.75, 3.05) is 39.9 Å². The zero-order valence-corrected chi connectivity index (χ0v) is 14.3.